The molecule has 0 bridgehead atoms. The molecule has 0 aromatic heterocycles. The van der Waals surface area contributed by atoms with Gasteiger partial charge in [-0.2, -0.15) is 0 Å². The van der Waals surface area contributed by atoms with Gasteiger partial charge < -0.3 is 15.8 Å². The van der Waals surface area contributed by atoms with Gasteiger partial charge in [0.1, 0.15) is 5.75 Å². The predicted molar refractivity (Wildman–Crippen MR) is 123 cm³/mol. The van der Waals surface area contributed by atoms with Crippen LogP contribution in [-0.4, -0.2) is 37.6 Å². The van der Waals surface area contributed by atoms with E-state index in [1.165, 1.54) is 24.8 Å². The number of hydrogen-bond acceptors (Lipinski definition) is 4. The predicted octanol–water partition coefficient (Wildman–Crippen LogP) is 4.01. The maximum absolute atomic E-state index is 12.4. The minimum atomic E-state index is 0. The first-order valence-electron chi connectivity index (χ1n) is 9.65. The largest absolute Gasteiger partial charge is 0.497 e. The fourth-order valence-electron chi connectivity index (χ4n) is 3.61. The standard InChI is InChI=1S/C22H29N3O2.2ClH/c1-27-20-11-7-18(8-12-20)21(25-13-3-2-4-14-25)16-24-22(26)15-17-5-9-19(23)10-6-17;;/h5-12,21H,2-4,13-16,23H2,1H3,(H,24,26);2*1H. The Hall–Kier alpha value is -1.95. The number of amides is 1. The fraction of sp³-hybridized carbons (Fsp3) is 0.409. The number of rotatable bonds is 7. The van der Waals surface area contributed by atoms with Gasteiger partial charge in [-0.15, -0.1) is 24.8 Å². The van der Waals surface area contributed by atoms with Crippen molar-refractivity contribution in [3.8, 4) is 5.75 Å². The summed E-state index contributed by atoms with van der Waals surface area (Å²) < 4.78 is 5.28. The molecule has 0 radical (unpaired) electrons. The van der Waals surface area contributed by atoms with Crippen LogP contribution in [0.4, 0.5) is 5.69 Å². The second kappa shape index (κ2) is 12.6. The lowest BCUT2D eigenvalue weighted by atomic mass is 10.0. The SMILES string of the molecule is COc1ccc(C(CNC(=O)Cc2ccc(N)cc2)N2CCCCC2)cc1.Cl.Cl. The Morgan fingerprint density at radius 1 is 1.03 bits per heavy atom. The molecule has 3 rings (SSSR count). The first-order chi connectivity index (χ1) is 13.2. The molecular weight excluding hydrogens is 409 g/mol. The molecule has 0 saturated carbocycles. The number of carbonyl (C=O) groups excluding carboxylic acids is 1. The van der Waals surface area contributed by atoms with E-state index in [0.717, 1.165) is 24.4 Å². The number of hydrogen-bond donors (Lipinski definition) is 2. The summed E-state index contributed by atoms with van der Waals surface area (Å²) in [4.78, 5) is 14.9. The molecule has 1 atom stereocenters. The Bertz CT molecular complexity index is 733. The van der Waals surface area contributed by atoms with Gasteiger partial charge in [0.05, 0.1) is 19.6 Å². The summed E-state index contributed by atoms with van der Waals surface area (Å²) in [7, 11) is 1.68. The van der Waals surface area contributed by atoms with Crippen molar-refractivity contribution in [2.24, 2.45) is 0 Å². The van der Waals surface area contributed by atoms with E-state index in [2.05, 4.69) is 22.3 Å². The molecule has 1 amide bonds. The van der Waals surface area contributed by atoms with Crippen LogP contribution in [0.3, 0.4) is 0 Å². The maximum Gasteiger partial charge on any atom is 0.224 e. The number of nitrogens with two attached hydrogens (primary N) is 1. The maximum atomic E-state index is 12.4. The molecule has 3 N–H and O–H groups in total. The summed E-state index contributed by atoms with van der Waals surface area (Å²) in [6, 6.07) is 15.8. The summed E-state index contributed by atoms with van der Waals surface area (Å²) in [5.74, 6) is 0.888. The molecule has 7 heteroatoms. The summed E-state index contributed by atoms with van der Waals surface area (Å²) in [6.07, 6.45) is 4.09. The Morgan fingerprint density at radius 3 is 2.24 bits per heavy atom. The van der Waals surface area contributed by atoms with Crippen molar-refractivity contribution in [1.82, 2.24) is 10.2 Å². The van der Waals surface area contributed by atoms with Gasteiger partial charge in [0.15, 0.2) is 0 Å². The van der Waals surface area contributed by atoms with Crippen LogP contribution >= 0.6 is 24.8 Å². The number of anilines is 1. The van der Waals surface area contributed by atoms with Gasteiger partial charge in [-0.1, -0.05) is 30.7 Å². The van der Waals surface area contributed by atoms with Crippen LogP contribution in [0.25, 0.3) is 0 Å². The Morgan fingerprint density at radius 2 is 1.66 bits per heavy atom. The molecule has 1 fully saturated rings. The van der Waals surface area contributed by atoms with Crippen molar-refractivity contribution >= 4 is 36.4 Å². The number of nitrogen functional groups attached to an aromatic ring is 1. The van der Waals surface area contributed by atoms with Crippen LogP contribution in [0.2, 0.25) is 0 Å². The minimum Gasteiger partial charge on any atom is -0.497 e. The zero-order valence-electron chi connectivity index (χ0n) is 16.8. The lowest BCUT2D eigenvalue weighted by Gasteiger charge is -2.35. The van der Waals surface area contributed by atoms with Crippen LogP contribution in [0, 0.1) is 0 Å². The lowest BCUT2D eigenvalue weighted by molar-refractivity contribution is -0.120. The van der Waals surface area contributed by atoms with Crippen molar-refractivity contribution in [3.63, 3.8) is 0 Å². The van der Waals surface area contributed by atoms with Gasteiger partial charge in [-0.25, -0.2) is 0 Å². The highest BCUT2D eigenvalue weighted by atomic mass is 35.5. The van der Waals surface area contributed by atoms with Gasteiger partial charge in [0, 0.05) is 12.2 Å². The molecule has 29 heavy (non-hydrogen) atoms. The van der Waals surface area contributed by atoms with E-state index in [0.29, 0.717) is 18.7 Å². The number of nitrogens with zero attached hydrogens (tertiary/aromatic N) is 1. The molecule has 1 saturated heterocycles. The summed E-state index contributed by atoms with van der Waals surface area (Å²) in [6.45, 7) is 2.76. The van der Waals surface area contributed by atoms with Gasteiger partial charge in [0.25, 0.3) is 0 Å². The molecule has 1 heterocycles. The van der Waals surface area contributed by atoms with Gasteiger partial charge >= 0.3 is 0 Å². The molecule has 2 aromatic carbocycles. The zero-order chi connectivity index (χ0) is 19.1. The number of nitrogens with one attached hydrogen (secondary N) is 1. The lowest BCUT2D eigenvalue weighted by Crippen LogP contribution is -2.41. The van der Waals surface area contributed by atoms with Crippen molar-refractivity contribution in [2.75, 3.05) is 32.5 Å². The number of benzene rings is 2. The third-order valence-electron chi connectivity index (χ3n) is 5.17. The van der Waals surface area contributed by atoms with Crippen LogP contribution in [0.1, 0.15) is 36.4 Å². The van der Waals surface area contributed by atoms with E-state index < -0.39 is 0 Å². The topological polar surface area (TPSA) is 67.6 Å². The molecule has 2 aromatic rings. The summed E-state index contributed by atoms with van der Waals surface area (Å²) in [5.41, 5.74) is 8.61. The molecule has 0 aliphatic carbocycles. The van der Waals surface area contributed by atoms with E-state index in [1.807, 2.05) is 36.4 Å². The number of methoxy groups -OCH3 is 1. The molecule has 1 aliphatic heterocycles. The van der Waals surface area contributed by atoms with E-state index in [-0.39, 0.29) is 36.8 Å². The highest BCUT2D eigenvalue weighted by Crippen LogP contribution is 2.26. The molecular formula is C22H31Cl2N3O2. The molecule has 1 aliphatic rings. The third kappa shape index (κ3) is 7.42. The first-order valence-corrected chi connectivity index (χ1v) is 9.65. The third-order valence-corrected chi connectivity index (χ3v) is 5.17. The number of ether oxygens (including phenoxy) is 1. The fourth-order valence-corrected chi connectivity index (χ4v) is 3.61. The Labute approximate surface area is 185 Å². The number of piperidine rings is 1. The van der Waals surface area contributed by atoms with E-state index in [9.17, 15) is 4.79 Å². The smallest absolute Gasteiger partial charge is 0.224 e. The Kier molecular flexibility index (Phi) is 10.9. The number of halogens is 2. The number of likely N-dealkylation sites (tertiary alicyclic amines) is 1. The van der Waals surface area contributed by atoms with Gasteiger partial charge in [0.2, 0.25) is 5.91 Å². The average molecular weight is 440 g/mol. The zero-order valence-corrected chi connectivity index (χ0v) is 18.4. The highest BCUT2D eigenvalue weighted by Gasteiger charge is 2.23. The second-order valence-corrected chi connectivity index (χ2v) is 7.11. The van der Waals surface area contributed by atoms with Crippen molar-refractivity contribution in [2.45, 2.75) is 31.7 Å². The normalized spacial score (nSPS) is 14.8. The highest BCUT2D eigenvalue weighted by molar-refractivity contribution is 5.85. The van der Waals surface area contributed by atoms with Crippen molar-refractivity contribution < 1.29 is 9.53 Å². The first kappa shape index (κ1) is 25.1. The number of carbonyl (C=O) groups is 1. The molecule has 160 valence electrons. The van der Waals surface area contributed by atoms with Crippen LogP contribution in [0.5, 0.6) is 5.75 Å². The molecule has 0 spiro atoms. The van der Waals surface area contributed by atoms with Crippen LogP contribution in [0.15, 0.2) is 48.5 Å². The second-order valence-electron chi connectivity index (χ2n) is 7.11. The molecule has 1 unspecified atom stereocenters. The van der Waals surface area contributed by atoms with Crippen molar-refractivity contribution in [1.29, 1.82) is 0 Å². The average Bonchev–Trinajstić information content (AvgIpc) is 2.71. The summed E-state index contributed by atoms with van der Waals surface area (Å²) in [5, 5.41) is 3.13. The molecule has 5 nitrogen and oxygen atoms in total. The van der Waals surface area contributed by atoms with E-state index in [1.54, 1.807) is 7.11 Å². The van der Waals surface area contributed by atoms with Crippen LogP contribution < -0.4 is 15.8 Å². The summed E-state index contributed by atoms with van der Waals surface area (Å²) >= 11 is 0. The van der Waals surface area contributed by atoms with Gasteiger partial charge in [-0.05, 0) is 61.3 Å². The van der Waals surface area contributed by atoms with E-state index in [4.69, 9.17) is 10.5 Å². The van der Waals surface area contributed by atoms with Crippen LogP contribution in [-0.2, 0) is 11.2 Å². The van der Waals surface area contributed by atoms with E-state index >= 15 is 0 Å². The monoisotopic (exact) mass is 439 g/mol. The minimum absolute atomic E-state index is 0. The van der Waals surface area contributed by atoms with Gasteiger partial charge in [-0.3, -0.25) is 9.69 Å². The van der Waals surface area contributed by atoms with Crippen molar-refractivity contribution in [3.05, 3.63) is 59.7 Å². The Balaban J connectivity index is 0.00000210. The quantitative estimate of drug-likeness (QED) is 0.639.